The first kappa shape index (κ1) is 22.7. The van der Waals surface area contributed by atoms with Gasteiger partial charge in [0.25, 0.3) is 5.91 Å². The van der Waals surface area contributed by atoms with Crippen molar-refractivity contribution in [1.29, 1.82) is 0 Å². The number of benzene rings is 2. The summed E-state index contributed by atoms with van der Waals surface area (Å²) < 4.78 is 23.5. The maximum atomic E-state index is 13.1. The Balaban J connectivity index is 1.54. The molecule has 166 valence electrons. The minimum Gasteiger partial charge on any atom is -0.484 e. The van der Waals surface area contributed by atoms with Gasteiger partial charge in [0.15, 0.2) is 6.61 Å². The molecule has 1 aliphatic heterocycles. The third-order valence-corrected chi connectivity index (χ3v) is 5.57. The number of nitrogens with zero attached hydrogens (tertiary/aromatic N) is 2. The fourth-order valence-electron chi connectivity index (χ4n) is 3.80. The fraction of sp³-hybridized carbons (Fsp3) is 0.417. The summed E-state index contributed by atoms with van der Waals surface area (Å²) in [7, 11) is 1.35. The molecule has 0 saturated carbocycles. The number of methoxy groups -OCH3 is 1. The second-order valence-electron chi connectivity index (χ2n) is 7.99. The summed E-state index contributed by atoms with van der Waals surface area (Å²) in [6, 6.07) is 13.9. The summed E-state index contributed by atoms with van der Waals surface area (Å²) in [4.78, 5) is 28.4. The van der Waals surface area contributed by atoms with E-state index in [-0.39, 0.29) is 42.8 Å². The van der Waals surface area contributed by atoms with Gasteiger partial charge in [-0.15, -0.1) is 0 Å². The number of esters is 1. The molecular weight excluding hydrogens is 399 g/mol. The van der Waals surface area contributed by atoms with E-state index in [4.69, 9.17) is 4.74 Å². The van der Waals surface area contributed by atoms with Crippen LogP contribution in [-0.2, 0) is 27.3 Å². The van der Waals surface area contributed by atoms with Crippen molar-refractivity contribution in [2.45, 2.75) is 38.9 Å². The van der Waals surface area contributed by atoms with Crippen molar-refractivity contribution in [3.63, 3.8) is 0 Å². The standard InChI is InChI=1S/C24H29FN2O4/c1-17-14-27(18(2)13-26(17)15-19-7-9-21(25)10-8-19)23(28)16-31-22-6-4-5-20(11-22)12-24(29)30-3/h4-11,17-18H,12-16H2,1-3H3/t17-,18+/m0/s1. The van der Waals surface area contributed by atoms with Crippen LogP contribution in [0.3, 0.4) is 0 Å². The Morgan fingerprint density at radius 3 is 2.48 bits per heavy atom. The lowest BCUT2D eigenvalue weighted by Crippen LogP contribution is -2.58. The highest BCUT2D eigenvalue weighted by molar-refractivity contribution is 5.78. The minimum absolute atomic E-state index is 0.0402. The highest BCUT2D eigenvalue weighted by Gasteiger charge is 2.32. The summed E-state index contributed by atoms with van der Waals surface area (Å²) >= 11 is 0. The third kappa shape index (κ3) is 6.28. The van der Waals surface area contributed by atoms with Gasteiger partial charge in [-0.05, 0) is 49.2 Å². The van der Waals surface area contributed by atoms with E-state index in [1.165, 1.54) is 19.2 Å². The van der Waals surface area contributed by atoms with E-state index in [9.17, 15) is 14.0 Å². The van der Waals surface area contributed by atoms with Crippen molar-refractivity contribution in [3.8, 4) is 5.75 Å². The molecule has 0 bridgehead atoms. The molecule has 0 aromatic heterocycles. The van der Waals surface area contributed by atoms with E-state index >= 15 is 0 Å². The minimum atomic E-state index is -0.324. The predicted molar refractivity (Wildman–Crippen MR) is 115 cm³/mol. The maximum Gasteiger partial charge on any atom is 0.309 e. The number of hydrogen-bond acceptors (Lipinski definition) is 5. The number of carbonyl (C=O) groups is 2. The van der Waals surface area contributed by atoms with Crippen molar-refractivity contribution in [1.82, 2.24) is 9.80 Å². The molecule has 0 spiro atoms. The lowest BCUT2D eigenvalue weighted by atomic mass is 10.1. The van der Waals surface area contributed by atoms with Gasteiger partial charge >= 0.3 is 5.97 Å². The van der Waals surface area contributed by atoms with Crippen LogP contribution in [0.2, 0.25) is 0 Å². The van der Waals surface area contributed by atoms with Crippen molar-refractivity contribution >= 4 is 11.9 Å². The molecule has 1 saturated heterocycles. The van der Waals surface area contributed by atoms with Crippen LogP contribution in [0.4, 0.5) is 4.39 Å². The molecule has 0 radical (unpaired) electrons. The largest absolute Gasteiger partial charge is 0.484 e. The molecule has 1 heterocycles. The number of piperazine rings is 1. The maximum absolute atomic E-state index is 13.1. The van der Waals surface area contributed by atoms with E-state index in [1.807, 2.05) is 17.9 Å². The Kier molecular flexibility index (Phi) is 7.63. The van der Waals surface area contributed by atoms with Crippen LogP contribution >= 0.6 is 0 Å². The average Bonchev–Trinajstić information content (AvgIpc) is 2.76. The van der Waals surface area contributed by atoms with Crippen LogP contribution in [-0.4, -0.2) is 60.6 Å². The molecule has 1 fully saturated rings. The molecule has 1 amide bonds. The summed E-state index contributed by atoms with van der Waals surface area (Å²) in [5.74, 6) is -0.0875. The topological polar surface area (TPSA) is 59.1 Å². The lowest BCUT2D eigenvalue weighted by molar-refractivity contribution is -0.140. The van der Waals surface area contributed by atoms with Crippen LogP contribution in [0, 0.1) is 5.82 Å². The predicted octanol–water partition coefficient (Wildman–Crippen LogP) is 3.04. The van der Waals surface area contributed by atoms with Gasteiger partial charge in [-0.1, -0.05) is 24.3 Å². The molecule has 1 aliphatic rings. The zero-order valence-electron chi connectivity index (χ0n) is 18.2. The van der Waals surface area contributed by atoms with E-state index in [0.29, 0.717) is 12.3 Å². The summed E-state index contributed by atoms with van der Waals surface area (Å²) in [6.45, 7) is 6.12. The molecule has 2 aromatic rings. The molecule has 31 heavy (non-hydrogen) atoms. The molecule has 7 heteroatoms. The van der Waals surface area contributed by atoms with Crippen LogP contribution in [0.1, 0.15) is 25.0 Å². The Hall–Kier alpha value is -2.93. The Morgan fingerprint density at radius 2 is 1.77 bits per heavy atom. The van der Waals surface area contributed by atoms with Crippen LogP contribution in [0.15, 0.2) is 48.5 Å². The summed E-state index contributed by atoms with van der Waals surface area (Å²) in [6.07, 6.45) is 0.159. The summed E-state index contributed by atoms with van der Waals surface area (Å²) in [5, 5.41) is 0. The van der Waals surface area contributed by atoms with E-state index in [2.05, 4.69) is 16.6 Å². The first-order chi connectivity index (χ1) is 14.9. The zero-order chi connectivity index (χ0) is 22.4. The number of rotatable bonds is 7. The zero-order valence-corrected chi connectivity index (χ0v) is 18.2. The SMILES string of the molecule is COC(=O)Cc1cccc(OCC(=O)N2C[C@H](C)N(Cc3ccc(F)cc3)C[C@H]2C)c1. The third-order valence-electron chi connectivity index (χ3n) is 5.57. The number of amides is 1. The Morgan fingerprint density at radius 1 is 1.03 bits per heavy atom. The highest BCUT2D eigenvalue weighted by Crippen LogP contribution is 2.20. The first-order valence-electron chi connectivity index (χ1n) is 10.4. The van der Waals surface area contributed by atoms with Crippen molar-refractivity contribution in [2.24, 2.45) is 0 Å². The monoisotopic (exact) mass is 428 g/mol. The quantitative estimate of drug-likeness (QED) is 0.635. The molecule has 3 rings (SSSR count). The van der Waals surface area contributed by atoms with Gasteiger partial charge in [0.1, 0.15) is 11.6 Å². The molecule has 2 aromatic carbocycles. The van der Waals surface area contributed by atoms with Crippen molar-refractivity contribution < 1.29 is 23.5 Å². The molecule has 0 aliphatic carbocycles. The number of hydrogen-bond donors (Lipinski definition) is 0. The van der Waals surface area contributed by atoms with Gasteiger partial charge in [0.05, 0.1) is 13.5 Å². The highest BCUT2D eigenvalue weighted by atomic mass is 19.1. The van der Waals surface area contributed by atoms with Crippen LogP contribution in [0.25, 0.3) is 0 Å². The van der Waals surface area contributed by atoms with E-state index in [1.54, 1.807) is 30.3 Å². The van der Waals surface area contributed by atoms with Gasteiger partial charge in [-0.2, -0.15) is 0 Å². The fourth-order valence-corrected chi connectivity index (χ4v) is 3.80. The number of carbonyl (C=O) groups excluding carboxylic acids is 2. The smallest absolute Gasteiger partial charge is 0.309 e. The van der Waals surface area contributed by atoms with Gasteiger partial charge < -0.3 is 14.4 Å². The number of halogens is 1. The van der Waals surface area contributed by atoms with E-state index in [0.717, 1.165) is 24.2 Å². The second kappa shape index (κ2) is 10.4. The number of ether oxygens (including phenoxy) is 2. The second-order valence-corrected chi connectivity index (χ2v) is 7.99. The van der Waals surface area contributed by atoms with Crippen molar-refractivity contribution in [3.05, 3.63) is 65.5 Å². The molecule has 0 N–H and O–H groups in total. The molecule has 0 unspecified atom stereocenters. The van der Waals surface area contributed by atoms with Gasteiger partial charge in [-0.3, -0.25) is 14.5 Å². The average molecular weight is 429 g/mol. The van der Waals surface area contributed by atoms with Crippen LogP contribution in [0.5, 0.6) is 5.75 Å². The van der Waals surface area contributed by atoms with Crippen molar-refractivity contribution in [2.75, 3.05) is 26.8 Å². The van der Waals surface area contributed by atoms with Gasteiger partial charge in [-0.25, -0.2) is 4.39 Å². The summed E-state index contributed by atoms with van der Waals surface area (Å²) in [5.41, 5.74) is 1.82. The normalized spacial score (nSPS) is 19.2. The molecular formula is C24H29FN2O4. The van der Waals surface area contributed by atoms with Gasteiger partial charge in [0, 0.05) is 31.7 Å². The Labute approximate surface area is 182 Å². The molecule has 6 nitrogen and oxygen atoms in total. The lowest BCUT2D eigenvalue weighted by Gasteiger charge is -2.44. The molecule has 2 atom stereocenters. The van der Waals surface area contributed by atoms with Gasteiger partial charge in [0.2, 0.25) is 0 Å². The first-order valence-corrected chi connectivity index (χ1v) is 10.4. The van der Waals surface area contributed by atoms with E-state index < -0.39 is 0 Å². The Bertz CT molecular complexity index is 903. The van der Waals surface area contributed by atoms with Crippen LogP contribution < -0.4 is 4.74 Å².